The predicted molar refractivity (Wildman–Crippen MR) is 81.2 cm³/mol. The molecule has 0 aromatic heterocycles. The van der Waals surface area contributed by atoms with Crippen LogP contribution in [-0.2, 0) is 10.0 Å². The molecule has 0 atom stereocenters. The van der Waals surface area contributed by atoms with Crippen LogP contribution in [0.25, 0.3) is 0 Å². The third kappa shape index (κ3) is 3.43. The molecule has 0 aliphatic carbocycles. The standard InChI is InChI=1S/C14H12N2O7S/c1-23-12-7-6-9(16(19)20)8-13(12)24(21,22)15-11-5-3-2-4-10(11)14(17)18/h2-8,15H,1H3,(H,17,18)/p-1. The van der Waals surface area contributed by atoms with Gasteiger partial charge in [-0.3, -0.25) is 14.8 Å². The largest absolute Gasteiger partial charge is 0.545 e. The molecule has 0 aliphatic heterocycles. The lowest BCUT2D eigenvalue weighted by molar-refractivity contribution is -0.385. The van der Waals surface area contributed by atoms with E-state index in [2.05, 4.69) is 4.72 Å². The summed E-state index contributed by atoms with van der Waals surface area (Å²) in [5, 5.41) is 21.9. The van der Waals surface area contributed by atoms with E-state index in [1.54, 1.807) is 0 Å². The Morgan fingerprint density at radius 2 is 1.88 bits per heavy atom. The first-order valence-corrected chi connectivity index (χ1v) is 7.90. The summed E-state index contributed by atoms with van der Waals surface area (Å²) < 4.78 is 32.0. The van der Waals surface area contributed by atoms with Crippen LogP contribution < -0.4 is 14.6 Å². The van der Waals surface area contributed by atoms with Crippen molar-refractivity contribution in [1.82, 2.24) is 0 Å². The third-order valence-electron chi connectivity index (χ3n) is 3.04. The van der Waals surface area contributed by atoms with Crippen LogP contribution >= 0.6 is 0 Å². The molecule has 0 saturated carbocycles. The molecule has 10 heteroatoms. The highest BCUT2D eigenvalue weighted by atomic mass is 32.2. The van der Waals surface area contributed by atoms with Gasteiger partial charge >= 0.3 is 0 Å². The zero-order chi connectivity index (χ0) is 17.9. The maximum Gasteiger partial charge on any atom is 0.271 e. The number of aromatic carboxylic acids is 1. The minimum absolute atomic E-state index is 0.126. The van der Waals surface area contributed by atoms with Crippen molar-refractivity contribution in [1.29, 1.82) is 0 Å². The van der Waals surface area contributed by atoms with E-state index < -0.39 is 31.5 Å². The number of carboxylic acid groups (broad SMARTS) is 1. The van der Waals surface area contributed by atoms with Crippen LogP contribution in [0.5, 0.6) is 5.75 Å². The number of methoxy groups -OCH3 is 1. The smallest absolute Gasteiger partial charge is 0.271 e. The number of carbonyl (C=O) groups excluding carboxylic acids is 1. The number of nitrogens with one attached hydrogen (secondary N) is 1. The molecule has 0 radical (unpaired) electrons. The number of carbonyl (C=O) groups is 1. The lowest BCUT2D eigenvalue weighted by atomic mass is 10.2. The average Bonchev–Trinajstić information content (AvgIpc) is 2.54. The van der Waals surface area contributed by atoms with Crippen molar-refractivity contribution < 1.29 is 28.0 Å². The molecule has 0 heterocycles. The van der Waals surface area contributed by atoms with E-state index in [1.165, 1.54) is 25.3 Å². The monoisotopic (exact) mass is 351 g/mol. The fourth-order valence-electron chi connectivity index (χ4n) is 1.94. The summed E-state index contributed by atoms with van der Waals surface area (Å²) in [7, 11) is -3.14. The Morgan fingerprint density at radius 3 is 2.46 bits per heavy atom. The second-order valence-corrected chi connectivity index (χ2v) is 6.18. The lowest BCUT2D eigenvalue weighted by Gasteiger charge is -2.14. The van der Waals surface area contributed by atoms with Crippen LogP contribution in [0, 0.1) is 10.1 Å². The van der Waals surface area contributed by atoms with Crippen molar-refractivity contribution in [2.75, 3.05) is 11.8 Å². The molecule has 1 N–H and O–H groups in total. The summed E-state index contributed by atoms with van der Waals surface area (Å²) in [6.07, 6.45) is 0. The number of para-hydroxylation sites is 1. The van der Waals surface area contributed by atoms with Gasteiger partial charge in [0.1, 0.15) is 10.6 Å². The third-order valence-corrected chi connectivity index (χ3v) is 4.43. The molecule has 0 bridgehead atoms. The van der Waals surface area contributed by atoms with Gasteiger partial charge in [0.15, 0.2) is 0 Å². The van der Waals surface area contributed by atoms with E-state index in [0.717, 1.165) is 24.3 Å². The Morgan fingerprint density at radius 1 is 1.21 bits per heavy atom. The molecule has 0 unspecified atom stereocenters. The van der Waals surface area contributed by atoms with E-state index in [1.807, 2.05) is 0 Å². The molecule has 9 nitrogen and oxygen atoms in total. The first-order chi connectivity index (χ1) is 11.3. The maximum absolute atomic E-state index is 12.5. The molecule has 0 saturated heterocycles. The van der Waals surface area contributed by atoms with Crippen LogP contribution in [0.4, 0.5) is 11.4 Å². The summed E-state index contributed by atoms with van der Waals surface area (Å²) in [5.41, 5.74) is -1.05. The van der Waals surface area contributed by atoms with E-state index in [0.29, 0.717) is 0 Å². The fourth-order valence-corrected chi connectivity index (χ4v) is 3.21. The fraction of sp³-hybridized carbons (Fsp3) is 0.0714. The molecule has 0 spiro atoms. The van der Waals surface area contributed by atoms with Gasteiger partial charge in [-0.25, -0.2) is 8.42 Å². The SMILES string of the molecule is COc1ccc([N+](=O)[O-])cc1S(=O)(=O)Nc1ccccc1C(=O)[O-]. The van der Waals surface area contributed by atoms with Gasteiger partial charge in [0.2, 0.25) is 0 Å². The van der Waals surface area contributed by atoms with Crippen molar-refractivity contribution in [3.8, 4) is 5.75 Å². The molecule has 2 aromatic carbocycles. The highest BCUT2D eigenvalue weighted by Gasteiger charge is 2.24. The number of anilines is 1. The highest BCUT2D eigenvalue weighted by Crippen LogP contribution is 2.30. The molecule has 2 rings (SSSR count). The van der Waals surface area contributed by atoms with Gasteiger partial charge in [-0.15, -0.1) is 0 Å². The summed E-state index contributed by atoms with van der Waals surface area (Å²) in [6.45, 7) is 0. The first-order valence-electron chi connectivity index (χ1n) is 6.42. The molecule has 126 valence electrons. The van der Waals surface area contributed by atoms with Gasteiger partial charge in [-0.1, -0.05) is 18.2 Å². The van der Waals surface area contributed by atoms with E-state index in [-0.39, 0.29) is 17.0 Å². The van der Waals surface area contributed by atoms with E-state index in [4.69, 9.17) is 4.74 Å². The number of hydrogen-bond donors (Lipinski definition) is 1. The number of ether oxygens (including phenoxy) is 1. The number of hydrogen-bond acceptors (Lipinski definition) is 7. The van der Waals surface area contributed by atoms with Gasteiger partial charge < -0.3 is 14.6 Å². The summed E-state index contributed by atoms with van der Waals surface area (Å²) in [5.74, 6) is -1.70. The van der Waals surface area contributed by atoms with Gasteiger partial charge in [-0.2, -0.15) is 0 Å². The number of nitro groups is 1. The van der Waals surface area contributed by atoms with Gasteiger partial charge in [-0.05, 0) is 12.1 Å². The van der Waals surface area contributed by atoms with Crippen LogP contribution in [0.2, 0.25) is 0 Å². The number of sulfonamides is 1. The lowest BCUT2D eigenvalue weighted by Crippen LogP contribution is -2.25. The Bertz CT molecular complexity index is 909. The van der Waals surface area contributed by atoms with Crippen molar-refractivity contribution >= 4 is 27.4 Å². The van der Waals surface area contributed by atoms with Crippen LogP contribution in [-0.4, -0.2) is 26.4 Å². The molecule has 2 aromatic rings. The Balaban J connectivity index is 2.54. The zero-order valence-corrected chi connectivity index (χ0v) is 13.1. The highest BCUT2D eigenvalue weighted by molar-refractivity contribution is 7.92. The van der Waals surface area contributed by atoms with Crippen molar-refractivity contribution in [3.63, 3.8) is 0 Å². The summed E-state index contributed by atoms with van der Waals surface area (Å²) >= 11 is 0. The number of nitro benzene ring substituents is 1. The van der Waals surface area contributed by atoms with Crippen LogP contribution in [0.1, 0.15) is 10.4 Å². The summed E-state index contributed by atoms with van der Waals surface area (Å²) in [4.78, 5) is 20.6. The molecular weight excluding hydrogens is 340 g/mol. The quantitative estimate of drug-likeness (QED) is 0.599. The average molecular weight is 351 g/mol. The van der Waals surface area contributed by atoms with Gasteiger partial charge in [0.05, 0.1) is 23.7 Å². The Kier molecular flexibility index (Phi) is 4.69. The molecule has 0 fully saturated rings. The summed E-state index contributed by atoms with van der Waals surface area (Å²) in [6, 6.07) is 8.27. The molecular formula is C14H11N2O7S-. The predicted octanol–water partition coefficient (Wildman–Crippen LogP) is 0.768. The Labute approximate surface area is 136 Å². The second kappa shape index (κ2) is 6.54. The zero-order valence-electron chi connectivity index (χ0n) is 12.3. The number of benzene rings is 2. The minimum Gasteiger partial charge on any atom is -0.545 e. The van der Waals surface area contributed by atoms with Crippen molar-refractivity contribution in [3.05, 3.63) is 58.1 Å². The van der Waals surface area contributed by atoms with Gasteiger partial charge in [0, 0.05) is 17.7 Å². The van der Waals surface area contributed by atoms with Crippen molar-refractivity contribution in [2.24, 2.45) is 0 Å². The maximum atomic E-state index is 12.5. The minimum atomic E-state index is -4.34. The van der Waals surface area contributed by atoms with Crippen molar-refractivity contribution in [2.45, 2.75) is 4.90 Å². The van der Waals surface area contributed by atoms with E-state index >= 15 is 0 Å². The van der Waals surface area contributed by atoms with Crippen LogP contribution in [0.3, 0.4) is 0 Å². The number of non-ortho nitro benzene ring substituents is 1. The van der Waals surface area contributed by atoms with E-state index in [9.17, 15) is 28.4 Å². The van der Waals surface area contributed by atoms with Gasteiger partial charge in [0.25, 0.3) is 15.7 Å². The molecule has 24 heavy (non-hydrogen) atoms. The second-order valence-electron chi connectivity index (χ2n) is 4.53. The Hall–Kier alpha value is -3.14. The number of carboxylic acids is 1. The number of nitrogens with zero attached hydrogens (tertiary/aromatic N) is 1. The molecule has 0 amide bonds. The van der Waals surface area contributed by atoms with Crippen LogP contribution in [0.15, 0.2) is 47.4 Å². The topological polar surface area (TPSA) is 139 Å². The molecule has 0 aliphatic rings. The number of rotatable bonds is 6. The normalized spacial score (nSPS) is 10.9. The first kappa shape index (κ1) is 17.2.